The molecule has 0 aliphatic carbocycles. The van der Waals surface area contributed by atoms with Crippen LogP contribution in [0.3, 0.4) is 0 Å². The number of halogens is 1. The zero-order valence-corrected chi connectivity index (χ0v) is 13.5. The fourth-order valence-corrected chi connectivity index (χ4v) is 2.41. The van der Waals surface area contributed by atoms with E-state index < -0.39 is 17.9 Å². The van der Waals surface area contributed by atoms with Crippen molar-refractivity contribution in [3.63, 3.8) is 0 Å². The van der Waals surface area contributed by atoms with E-state index in [0.717, 1.165) is 0 Å². The molecule has 0 radical (unpaired) electrons. The Kier molecular flexibility index (Phi) is 4.61. The second-order valence-corrected chi connectivity index (χ2v) is 5.50. The Bertz CT molecular complexity index is 758. The lowest BCUT2D eigenvalue weighted by atomic mass is 10.2. The number of nitrogens with one attached hydrogen (secondary N) is 1. The van der Waals surface area contributed by atoms with E-state index in [1.165, 1.54) is 19.3 Å². The maximum Gasteiger partial charge on any atom is 0.328 e. The SMILES string of the molecule is C[C@@H](NC(=O)c1ccco1)C(=O)OCc1cc(Cl)c2c(c1)OCO2. The summed E-state index contributed by atoms with van der Waals surface area (Å²) < 4.78 is 20.6. The minimum Gasteiger partial charge on any atom is -0.459 e. The lowest BCUT2D eigenvalue weighted by molar-refractivity contribution is -0.146. The van der Waals surface area contributed by atoms with Crippen molar-refractivity contribution in [3.05, 3.63) is 46.9 Å². The first kappa shape index (κ1) is 16.2. The fourth-order valence-electron chi connectivity index (χ4n) is 2.12. The third-order valence-corrected chi connectivity index (χ3v) is 3.59. The highest BCUT2D eigenvalue weighted by atomic mass is 35.5. The van der Waals surface area contributed by atoms with Crippen molar-refractivity contribution in [1.29, 1.82) is 0 Å². The average molecular weight is 352 g/mol. The van der Waals surface area contributed by atoms with E-state index in [-0.39, 0.29) is 19.2 Å². The molecule has 2 heterocycles. The lowest BCUT2D eigenvalue weighted by Gasteiger charge is -2.13. The number of hydrogen-bond donors (Lipinski definition) is 1. The van der Waals surface area contributed by atoms with Gasteiger partial charge in [0.1, 0.15) is 12.6 Å². The van der Waals surface area contributed by atoms with Crippen LogP contribution in [0.15, 0.2) is 34.9 Å². The summed E-state index contributed by atoms with van der Waals surface area (Å²) >= 11 is 6.07. The summed E-state index contributed by atoms with van der Waals surface area (Å²) in [5, 5.41) is 2.88. The topological polar surface area (TPSA) is 87.0 Å². The number of carbonyl (C=O) groups excluding carboxylic acids is 2. The molecule has 1 N–H and O–H groups in total. The predicted octanol–water partition coefficient (Wildman–Crippen LogP) is 2.52. The monoisotopic (exact) mass is 351 g/mol. The number of carbonyl (C=O) groups is 2. The molecule has 8 heteroatoms. The number of furan rings is 1. The molecule has 3 rings (SSSR count). The van der Waals surface area contributed by atoms with Gasteiger partial charge >= 0.3 is 5.97 Å². The van der Waals surface area contributed by atoms with E-state index in [0.29, 0.717) is 22.1 Å². The molecule has 1 amide bonds. The van der Waals surface area contributed by atoms with Crippen LogP contribution in [0.2, 0.25) is 5.02 Å². The average Bonchev–Trinajstić information content (AvgIpc) is 3.23. The minimum absolute atomic E-state index is 0.00381. The van der Waals surface area contributed by atoms with Crippen molar-refractivity contribution in [2.45, 2.75) is 19.6 Å². The van der Waals surface area contributed by atoms with Gasteiger partial charge in [0.2, 0.25) is 6.79 Å². The van der Waals surface area contributed by atoms with E-state index in [1.807, 2.05) is 0 Å². The minimum atomic E-state index is -0.827. The molecule has 0 saturated heterocycles. The molecule has 1 aliphatic heterocycles. The Labute approximate surface area is 142 Å². The number of esters is 1. The zero-order valence-electron chi connectivity index (χ0n) is 12.7. The summed E-state index contributed by atoms with van der Waals surface area (Å²) in [7, 11) is 0. The molecule has 0 saturated carbocycles. The highest BCUT2D eigenvalue weighted by Gasteiger charge is 2.21. The van der Waals surface area contributed by atoms with Crippen molar-refractivity contribution in [3.8, 4) is 11.5 Å². The lowest BCUT2D eigenvalue weighted by Crippen LogP contribution is -2.39. The Hall–Kier alpha value is -2.67. The van der Waals surface area contributed by atoms with Gasteiger partial charge in [-0.25, -0.2) is 4.79 Å². The summed E-state index contributed by atoms with van der Waals surface area (Å²) in [5.74, 6) is 0.0371. The van der Waals surface area contributed by atoms with E-state index in [9.17, 15) is 9.59 Å². The number of benzene rings is 1. The van der Waals surface area contributed by atoms with Crippen LogP contribution in [0, 0.1) is 0 Å². The van der Waals surface area contributed by atoms with Gasteiger partial charge in [0.05, 0.1) is 11.3 Å². The van der Waals surface area contributed by atoms with E-state index in [1.54, 1.807) is 18.2 Å². The van der Waals surface area contributed by atoms with Gasteiger partial charge in [0.25, 0.3) is 5.91 Å². The van der Waals surface area contributed by atoms with Gasteiger partial charge in [-0.05, 0) is 36.8 Å². The van der Waals surface area contributed by atoms with E-state index in [2.05, 4.69) is 5.32 Å². The summed E-state index contributed by atoms with van der Waals surface area (Å²) in [6, 6.07) is 5.58. The molecule has 126 valence electrons. The molecule has 24 heavy (non-hydrogen) atoms. The molecule has 0 spiro atoms. The van der Waals surface area contributed by atoms with Crippen molar-refractivity contribution in [2.75, 3.05) is 6.79 Å². The smallest absolute Gasteiger partial charge is 0.328 e. The van der Waals surface area contributed by atoms with Crippen LogP contribution in [0.25, 0.3) is 0 Å². The maximum absolute atomic E-state index is 12.0. The number of rotatable bonds is 5. The van der Waals surface area contributed by atoms with Crippen molar-refractivity contribution < 1.29 is 28.2 Å². The number of fused-ring (bicyclic) bond motifs is 1. The van der Waals surface area contributed by atoms with Crippen LogP contribution in [-0.4, -0.2) is 24.7 Å². The number of hydrogen-bond acceptors (Lipinski definition) is 6. The molecule has 1 aliphatic rings. The highest BCUT2D eigenvalue weighted by molar-refractivity contribution is 6.32. The molecule has 7 nitrogen and oxygen atoms in total. The van der Waals surface area contributed by atoms with Gasteiger partial charge in [-0.15, -0.1) is 0 Å². The first-order valence-electron chi connectivity index (χ1n) is 7.13. The summed E-state index contributed by atoms with van der Waals surface area (Å²) in [4.78, 5) is 23.8. The highest BCUT2D eigenvalue weighted by Crippen LogP contribution is 2.39. The Balaban J connectivity index is 1.55. The van der Waals surface area contributed by atoms with Gasteiger partial charge < -0.3 is 23.9 Å². The van der Waals surface area contributed by atoms with E-state index >= 15 is 0 Å². The maximum atomic E-state index is 12.0. The third-order valence-electron chi connectivity index (χ3n) is 3.31. The number of ether oxygens (including phenoxy) is 3. The van der Waals surface area contributed by atoms with Crippen LogP contribution in [0.5, 0.6) is 11.5 Å². The second-order valence-electron chi connectivity index (χ2n) is 5.09. The molecule has 1 aromatic carbocycles. The molecular formula is C16H14ClNO6. The molecule has 1 atom stereocenters. The largest absolute Gasteiger partial charge is 0.459 e. The van der Waals surface area contributed by atoms with Crippen LogP contribution in [-0.2, 0) is 16.1 Å². The van der Waals surface area contributed by atoms with Gasteiger partial charge in [-0.3, -0.25) is 4.79 Å². The molecule has 2 aromatic rings. The fraction of sp³-hybridized carbons (Fsp3) is 0.250. The molecule has 0 fully saturated rings. The van der Waals surface area contributed by atoms with Crippen molar-refractivity contribution >= 4 is 23.5 Å². The molecule has 1 aromatic heterocycles. The zero-order chi connectivity index (χ0) is 17.1. The standard InChI is InChI=1S/C16H14ClNO6/c1-9(18-15(19)12-3-2-4-21-12)16(20)22-7-10-5-11(17)14-13(6-10)23-8-24-14/h2-6,9H,7-8H2,1H3,(H,18,19)/t9-/m1/s1. The Morgan fingerprint density at radius 2 is 2.21 bits per heavy atom. The van der Waals surface area contributed by atoms with Crippen molar-refractivity contribution in [2.24, 2.45) is 0 Å². The summed E-state index contributed by atoms with van der Waals surface area (Å²) in [5.41, 5.74) is 0.655. The first-order valence-corrected chi connectivity index (χ1v) is 7.51. The molecular weight excluding hydrogens is 338 g/mol. The first-order chi connectivity index (χ1) is 11.5. The van der Waals surface area contributed by atoms with Crippen LogP contribution >= 0.6 is 11.6 Å². The van der Waals surface area contributed by atoms with Crippen LogP contribution < -0.4 is 14.8 Å². The molecule has 0 unspecified atom stereocenters. The normalized spacial score (nSPS) is 13.4. The van der Waals surface area contributed by atoms with Crippen LogP contribution in [0.1, 0.15) is 23.0 Å². The van der Waals surface area contributed by atoms with Gasteiger partial charge in [-0.1, -0.05) is 11.6 Å². The Morgan fingerprint density at radius 1 is 1.38 bits per heavy atom. The summed E-state index contributed by atoms with van der Waals surface area (Å²) in [6.07, 6.45) is 1.38. The van der Waals surface area contributed by atoms with Gasteiger partial charge in [-0.2, -0.15) is 0 Å². The summed E-state index contributed by atoms with van der Waals surface area (Å²) in [6.45, 7) is 1.63. The van der Waals surface area contributed by atoms with Crippen molar-refractivity contribution in [1.82, 2.24) is 5.32 Å². The quantitative estimate of drug-likeness (QED) is 0.833. The predicted molar refractivity (Wildman–Crippen MR) is 83.0 cm³/mol. The van der Waals surface area contributed by atoms with Gasteiger partial charge in [0.15, 0.2) is 17.3 Å². The molecule has 0 bridgehead atoms. The van der Waals surface area contributed by atoms with E-state index in [4.69, 9.17) is 30.2 Å². The second kappa shape index (κ2) is 6.84. The van der Waals surface area contributed by atoms with Crippen LogP contribution in [0.4, 0.5) is 0 Å². The number of amides is 1. The Morgan fingerprint density at radius 3 is 2.96 bits per heavy atom. The van der Waals surface area contributed by atoms with Gasteiger partial charge in [0, 0.05) is 0 Å². The third kappa shape index (κ3) is 3.46.